The molecule has 6 rings (SSSR count). The summed E-state index contributed by atoms with van der Waals surface area (Å²) >= 11 is 0. The highest BCUT2D eigenvalue weighted by Gasteiger charge is 2.45. The van der Waals surface area contributed by atoms with Gasteiger partial charge in [0.15, 0.2) is 0 Å². The van der Waals surface area contributed by atoms with Crippen molar-refractivity contribution in [1.29, 1.82) is 0 Å². The quantitative estimate of drug-likeness (QED) is 0.792. The van der Waals surface area contributed by atoms with Gasteiger partial charge in [0.1, 0.15) is 11.7 Å². The van der Waals surface area contributed by atoms with E-state index >= 15 is 0 Å². The Morgan fingerprint density at radius 3 is 2.50 bits per heavy atom. The van der Waals surface area contributed by atoms with E-state index in [1.54, 1.807) is 0 Å². The molecule has 2 N–H and O–H groups in total. The van der Waals surface area contributed by atoms with Gasteiger partial charge < -0.3 is 15.5 Å². The molecule has 0 saturated carbocycles. The van der Waals surface area contributed by atoms with Gasteiger partial charge in [0.2, 0.25) is 0 Å². The Hall–Kier alpha value is -2.40. The second-order valence-electron chi connectivity index (χ2n) is 9.55. The zero-order chi connectivity index (χ0) is 20.1. The van der Waals surface area contributed by atoms with Gasteiger partial charge in [0, 0.05) is 37.8 Å². The Morgan fingerprint density at radius 1 is 0.900 bits per heavy atom. The van der Waals surface area contributed by atoms with E-state index in [-0.39, 0.29) is 11.5 Å². The standard InChI is InChI=1S/C25H31N5/c26-23-19-7-3-2-6-18(19)16-25(23)10-14-29(15-11-25)22-9-8-20-21(28-22)17-27-24(20)30-12-4-1-5-13-30/h2-3,6-9,23H,1,4-5,10-17,26H2/t23-/m1/s1. The summed E-state index contributed by atoms with van der Waals surface area (Å²) in [6, 6.07) is 13.4. The number of fused-ring (bicyclic) bond motifs is 2. The highest BCUT2D eigenvalue weighted by molar-refractivity contribution is 6.01. The Labute approximate surface area is 179 Å². The second kappa shape index (κ2) is 7.09. The largest absolute Gasteiger partial charge is 0.357 e. The molecule has 0 bridgehead atoms. The van der Waals surface area contributed by atoms with Gasteiger partial charge in [-0.05, 0) is 67.2 Å². The summed E-state index contributed by atoms with van der Waals surface area (Å²) < 4.78 is 0. The van der Waals surface area contributed by atoms with Crippen LogP contribution in [0, 0.1) is 5.41 Å². The SMILES string of the molecule is N[C@@H]1c2ccccc2CC12CCN(c1ccc3c(n1)CN=C3N1CCCCC1)CC2. The Bertz CT molecular complexity index is 983. The molecule has 0 radical (unpaired) electrons. The Balaban J connectivity index is 1.17. The van der Waals surface area contributed by atoms with Gasteiger partial charge in [-0.2, -0.15) is 0 Å². The van der Waals surface area contributed by atoms with E-state index < -0.39 is 0 Å². The van der Waals surface area contributed by atoms with Crippen molar-refractivity contribution in [1.82, 2.24) is 9.88 Å². The minimum Gasteiger partial charge on any atom is -0.357 e. The highest BCUT2D eigenvalue weighted by Crippen LogP contribution is 2.50. The van der Waals surface area contributed by atoms with E-state index in [4.69, 9.17) is 15.7 Å². The molecule has 0 amide bonds. The molecule has 2 saturated heterocycles. The summed E-state index contributed by atoms with van der Waals surface area (Å²) in [5.74, 6) is 2.29. The van der Waals surface area contributed by atoms with Crippen molar-refractivity contribution in [2.75, 3.05) is 31.1 Å². The number of nitrogens with zero attached hydrogens (tertiary/aromatic N) is 4. The van der Waals surface area contributed by atoms with E-state index in [2.05, 4.69) is 46.2 Å². The van der Waals surface area contributed by atoms with Crippen LogP contribution in [-0.4, -0.2) is 41.9 Å². The summed E-state index contributed by atoms with van der Waals surface area (Å²) in [4.78, 5) is 14.8. The number of benzene rings is 1. The lowest BCUT2D eigenvalue weighted by molar-refractivity contribution is 0.187. The van der Waals surface area contributed by atoms with Gasteiger partial charge >= 0.3 is 0 Å². The number of likely N-dealkylation sites (tertiary alicyclic amines) is 1. The number of rotatable bonds is 1. The molecule has 1 atom stereocenters. The third-order valence-electron chi connectivity index (χ3n) is 7.91. The number of aliphatic imine (C=N–C) groups is 1. The van der Waals surface area contributed by atoms with Gasteiger partial charge in [0.25, 0.3) is 0 Å². The fraction of sp³-hybridized carbons (Fsp3) is 0.520. The van der Waals surface area contributed by atoms with Crippen LogP contribution in [0.2, 0.25) is 0 Å². The zero-order valence-corrected chi connectivity index (χ0v) is 17.7. The first-order chi connectivity index (χ1) is 14.7. The lowest BCUT2D eigenvalue weighted by atomic mass is 9.73. The monoisotopic (exact) mass is 401 g/mol. The van der Waals surface area contributed by atoms with Gasteiger partial charge in [-0.25, -0.2) is 4.98 Å². The lowest BCUT2D eigenvalue weighted by Crippen LogP contribution is -2.44. The maximum absolute atomic E-state index is 6.75. The van der Waals surface area contributed by atoms with Crippen molar-refractivity contribution in [2.45, 2.75) is 51.1 Å². The number of nitrogens with two attached hydrogens (primary N) is 1. The van der Waals surface area contributed by atoms with Gasteiger partial charge in [-0.15, -0.1) is 0 Å². The molecule has 4 aliphatic rings. The van der Waals surface area contributed by atoms with Crippen LogP contribution in [0.3, 0.4) is 0 Å². The van der Waals surface area contributed by atoms with Crippen LogP contribution >= 0.6 is 0 Å². The van der Waals surface area contributed by atoms with Crippen molar-refractivity contribution in [3.8, 4) is 0 Å². The topological polar surface area (TPSA) is 57.8 Å². The van der Waals surface area contributed by atoms with Crippen molar-refractivity contribution < 1.29 is 0 Å². The van der Waals surface area contributed by atoms with Crippen LogP contribution in [0.5, 0.6) is 0 Å². The average molecular weight is 402 g/mol. The van der Waals surface area contributed by atoms with E-state index in [0.29, 0.717) is 0 Å². The number of piperidine rings is 2. The molecule has 1 aromatic heterocycles. The van der Waals surface area contributed by atoms with Crippen molar-refractivity contribution in [3.63, 3.8) is 0 Å². The molecule has 30 heavy (non-hydrogen) atoms. The first-order valence-corrected chi connectivity index (χ1v) is 11.6. The molecule has 3 aliphatic heterocycles. The van der Waals surface area contributed by atoms with Gasteiger partial charge in [-0.3, -0.25) is 4.99 Å². The maximum Gasteiger partial charge on any atom is 0.133 e. The predicted octanol–water partition coefficient (Wildman–Crippen LogP) is 3.67. The van der Waals surface area contributed by atoms with Crippen molar-refractivity contribution >= 4 is 11.7 Å². The fourth-order valence-corrected chi connectivity index (χ4v) is 6.09. The number of pyridine rings is 1. The highest BCUT2D eigenvalue weighted by atomic mass is 15.2. The van der Waals surface area contributed by atoms with Crippen LogP contribution in [0.15, 0.2) is 41.4 Å². The molecule has 1 aromatic carbocycles. The number of hydrogen-bond acceptors (Lipinski definition) is 5. The van der Waals surface area contributed by atoms with Crippen LogP contribution in [0.1, 0.15) is 60.5 Å². The average Bonchev–Trinajstić information content (AvgIpc) is 3.34. The predicted molar refractivity (Wildman–Crippen MR) is 121 cm³/mol. The van der Waals surface area contributed by atoms with E-state index in [1.165, 1.54) is 41.8 Å². The molecule has 2 aromatic rings. The van der Waals surface area contributed by atoms with Crippen LogP contribution in [-0.2, 0) is 13.0 Å². The maximum atomic E-state index is 6.75. The summed E-state index contributed by atoms with van der Waals surface area (Å²) in [6.45, 7) is 5.07. The van der Waals surface area contributed by atoms with E-state index in [0.717, 1.165) is 63.5 Å². The Kier molecular flexibility index (Phi) is 4.34. The van der Waals surface area contributed by atoms with Crippen molar-refractivity contribution in [2.24, 2.45) is 16.1 Å². The zero-order valence-electron chi connectivity index (χ0n) is 17.7. The molecule has 2 fully saturated rings. The lowest BCUT2D eigenvalue weighted by Gasteiger charge is -2.42. The molecule has 5 heteroatoms. The third kappa shape index (κ3) is 2.86. The molecule has 4 heterocycles. The fourth-order valence-electron chi connectivity index (χ4n) is 6.09. The number of aromatic nitrogens is 1. The molecular formula is C25H31N5. The molecule has 1 aliphatic carbocycles. The number of hydrogen-bond donors (Lipinski definition) is 1. The van der Waals surface area contributed by atoms with Gasteiger partial charge in [0.05, 0.1) is 12.2 Å². The van der Waals surface area contributed by atoms with Crippen molar-refractivity contribution in [3.05, 3.63) is 58.8 Å². The molecular weight excluding hydrogens is 370 g/mol. The minimum absolute atomic E-state index is 0.171. The first-order valence-electron chi connectivity index (χ1n) is 11.6. The summed E-state index contributed by atoms with van der Waals surface area (Å²) in [5.41, 5.74) is 12.2. The summed E-state index contributed by atoms with van der Waals surface area (Å²) in [7, 11) is 0. The molecule has 0 unspecified atom stereocenters. The van der Waals surface area contributed by atoms with E-state index in [1.807, 2.05) is 0 Å². The smallest absolute Gasteiger partial charge is 0.133 e. The molecule has 156 valence electrons. The minimum atomic E-state index is 0.171. The molecule has 1 spiro atoms. The van der Waals surface area contributed by atoms with Gasteiger partial charge in [-0.1, -0.05) is 24.3 Å². The normalized spacial score (nSPS) is 24.7. The van der Waals surface area contributed by atoms with E-state index in [9.17, 15) is 0 Å². The van der Waals surface area contributed by atoms with Crippen LogP contribution in [0.25, 0.3) is 0 Å². The second-order valence-corrected chi connectivity index (χ2v) is 9.55. The third-order valence-corrected chi connectivity index (χ3v) is 7.91. The first kappa shape index (κ1) is 18.4. The van der Waals surface area contributed by atoms with Crippen LogP contribution in [0.4, 0.5) is 5.82 Å². The number of amidine groups is 1. The number of anilines is 1. The molecule has 5 nitrogen and oxygen atoms in total. The Morgan fingerprint density at radius 2 is 1.70 bits per heavy atom. The van der Waals surface area contributed by atoms with Crippen LogP contribution < -0.4 is 10.6 Å². The summed E-state index contributed by atoms with van der Waals surface area (Å²) in [5, 5.41) is 0. The summed E-state index contributed by atoms with van der Waals surface area (Å²) in [6.07, 6.45) is 7.30.